The van der Waals surface area contributed by atoms with E-state index in [-0.39, 0.29) is 22.9 Å². The van der Waals surface area contributed by atoms with Crippen molar-refractivity contribution in [3.8, 4) is 5.88 Å². The molecular formula is C20H28N4O3. The van der Waals surface area contributed by atoms with Gasteiger partial charge in [0.2, 0.25) is 5.88 Å². The minimum absolute atomic E-state index is 0.0381. The molecule has 0 aliphatic heterocycles. The van der Waals surface area contributed by atoms with Crippen LogP contribution in [0.3, 0.4) is 0 Å². The Morgan fingerprint density at radius 3 is 2.63 bits per heavy atom. The summed E-state index contributed by atoms with van der Waals surface area (Å²) in [5.74, 6) is -0.769. The Balaban J connectivity index is 2.21. The van der Waals surface area contributed by atoms with Crippen LogP contribution in [0.5, 0.6) is 5.88 Å². The minimum Gasteiger partial charge on any atom is -0.492 e. The van der Waals surface area contributed by atoms with E-state index in [1.807, 2.05) is 26.0 Å². The Labute approximate surface area is 158 Å². The molecule has 7 nitrogen and oxygen atoms in total. The number of allylic oxidation sites excluding steroid dienone is 1. The molecule has 0 unspecified atom stereocenters. The zero-order chi connectivity index (χ0) is 19.9. The van der Waals surface area contributed by atoms with Crippen LogP contribution in [-0.2, 0) is 6.54 Å². The molecule has 2 aromatic rings. The van der Waals surface area contributed by atoms with Gasteiger partial charge in [-0.15, -0.1) is 0 Å². The van der Waals surface area contributed by atoms with E-state index in [9.17, 15) is 14.7 Å². The van der Waals surface area contributed by atoms with Gasteiger partial charge < -0.3 is 10.4 Å². The number of aromatic nitrogens is 3. The smallest absolute Gasteiger partial charge is 0.270 e. The maximum Gasteiger partial charge on any atom is 0.270 e. The molecule has 2 aromatic heterocycles. The number of nitrogens with zero attached hydrogens (tertiary/aromatic N) is 3. The van der Waals surface area contributed by atoms with Crippen molar-refractivity contribution in [1.82, 2.24) is 19.5 Å². The summed E-state index contributed by atoms with van der Waals surface area (Å²) in [6.07, 6.45) is 7.34. The first kappa shape index (κ1) is 19.2. The topological polar surface area (TPSA) is 88.6 Å². The molecule has 3 rings (SSSR count). The molecule has 1 aliphatic rings. The predicted molar refractivity (Wildman–Crippen MR) is 105 cm³/mol. The van der Waals surface area contributed by atoms with Gasteiger partial charge >= 0.3 is 0 Å². The normalized spacial score (nSPS) is 15.2. The average Bonchev–Trinajstić information content (AvgIpc) is 3.24. The molecule has 2 heterocycles. The second kappa shape index (κ2) is 6.87. The van der Waals surface area contributed by atoms with Crippen molar-refractivity contribution in [2.75, 3.05) is 0 Å². The number of carbonyl (C=O) groups is 1. The average molecular weight is 372 g/mol. The van der Waals surface area contributed by atoms with Crippen LogP contribution < -0.4 is 10.9 Å². The molecule has 2 N–H and O–H groups in total. The minimum atomic E-state index is -0.540. The lowest BCUT2D eigenvalue weighted by atomic mass is 9.96. The molecule has 146 valence electrons. The Morgan fingerprint density at radius 1 is 1.41 bits per heavy atom. The van der Waals surface area contributed by atoms with Crippen molar-refractivity contribution in [3.63, 3.8) is 0 Å². The predicted octanol–water partition coefficient (Wildman–Crippen LogP) is 2.81. The summed E-state index contributed by atoms with van der Waals surface area (Å²) in [5, 5.41) is 17.7. The van der Waals surface area contributed by atoms with Gasteiger partial charge in [0, 0.05) is 18.2 Å². The highest BCUT2D eigenvalue weighted by atomic mass is 16.3. The van der Waals surface area contributed by atoms with E-state index in [1.54, 1.807) is 10.8 Å². The van der Waals surface area contributed by atoms with Crippen LogP contribution in [0.25, 0.3) is 11.7 Å². The Hall–Kier alpha value is -2.57. The fraction of sp³-hybridized carbons (Fsp3) is 0.550. The van der Waals surface area contributed by atoms with Gasteiger partial charge in [-0.2, -0.15) is 9.61 Å². The molecule has 7 heteroatoms. The molecule has 0 saturated heterocycles. The maximum atomic E-state index is 13.1. The van der Waals surface area contributed by atoms with Gasteiger partial charge in [-0.1, -0.05) is 46.8 Å². The third-order valence-electron chi connectivity index (χ3n) is 4.36. The second-order valence-corrected chi connectivity index (χ2v) is 8.79. The van der Waals surface area contributed by atoms with E-state index in [4.69, 9.17) is 0 Å². The van der Waals surface area contributed by atoms with Crippen LogP contribution in [-0.4, -0.2) is 31.2 Å². The molecule has 0 atom stereocenters. The zero-order valence-electron chi connectivity index (χ0n) is 16.6. The highest BCUT2D eigenvalue weighted by Crippen LogP contribution is 2.24. The van der Waals surface area contributed by atoms with Crippen molar-refractivity contribution < 1.29 is 9.90 Å². The lowest BCUT2D eigenvalue weighted by Gasteiger charge is -2.16. The molecule has 0 radical (unpaired) electrons. The molecule has 1 amide bonds. The summed E-state index contributed by atoms with van der Waals surface area (Å²) >= 11 is 0. The van der Waals surface area contributed by atoms with Crippen molar-refractivity contribution in [2.45, 2.75) is 60.0 Å². The SMILES string of the molecule is CC(C)Cn1c(=O)c(C(=O)NC2CC2)c(O)n2ncc(C=CC(C)(C)C)c12. The summed E-state index contributed by atoms with van der Waals surface area (Å²) in [4.78, 5) is 25.7. The largest absolute Gasteiger partial charge is 0.492 e. The Morgan fingerprint density at radius 2 is 2.07 bits per heavy atom. The molecule has 0 bridgehead atoms. The van der Waals surface area contributed by atoms with E-state index in [0.717, 1.165) is 18.4 Å². The number of rotatable bonds is 5. The van der Waals surface area contributed by atoms with E-state index in [1.165, 1.54) is 4.52 Å². The van der Waals surface area contributed by atoms with Gasteiger partial charge in [-0.25, -0.2) is 0 Å². The third-order valence-corrected chi connectivity index (χ3v) is 4.36. The number of carbonyl (C=O) groups excluding carboxylic acids is 1. The number of hydrogen-bond acceptors (Lipinski definition) is 4. The first-order valence-corrected chi connectivity index (χ1v) is 9.42. The molecular weight excluding hydrogens is 344 g/mol. The van der Waals surface area contributed by atoms with Crippen LogP contribution in [0.15, 0.2) is 17.1 Å². The molecule has 1 fully saturated rings. The number of hydrogen-bond donors (Lipinski definition) is 2. The monoisotopic (exact) mass is 372 g/mol. The maximum absolute atomic E-state index is 13.1. The Kier molecular flexibility index (Phi) is 4.88. The first-order valence-electron chi connectivity index (χ1n) is 9.42. The first-order chi connectivity index (χ1) is 12.6. The van der Waals surface area contributed by atoms with Gasteiger partial charge in [0.1, 0.15) is 5.65 Å². The van der Waals surface area contributed by atoms with E-state index >= 15 is 0 Å². The molecule has 0 aromatic carbocycles. The molecule has 0 spiro atoms. The molecule has 1 aliphatic carbocycles. The quantitative estimate of drug-likeness (QED) is 0.845. The van der Waals surface area contributed by atoms with E-state index in [0.29, 0.717) is 12.2 Å². The summed E-state index contributed by atoms with van der Waals surface area (Å²) in [6, 6.07) is 0.0912. The van der Waals surface area contributed by atoms with Crippen LogP contribution in [0.4, 0.5) is 0 Å². The fourth-order valence-electron chi connectivity index (χ4n) is 2.89. The number of aromatic hydroxyl groups is 1. The number of amides is 1. The standard InChI is InChI=1S/C20H28N4O3/c1-12(2)11-23-17-13(8-9-20(3,4)5)10-21-24(17)19(27)15(18(23)26)16(25)22-14-6-7-14/h8-10,12,14,27H,6-7,11H2,1-5H3,(H,22,25). The summed E-state index contributed by atoms with van der Waals surface area (Å²) in [5.41, 5.74) is 0.452. The lowest BCUT2D eigenvalue weighted by Crippen LogP contribution is -2.36. The van der Waals surface area contributed by atoms with E-state index < -0.39 is 17.3 Å². The number of nitrogens with one attached hydrogen (secondary N) is 1. The summed E-state index contributed by atoms with van der Waals surface area (Å²) < 4.78 is 2.83. The van der Waals surface area contributed by atoms with Gasteiger partial charge in [-0.05, 0) is 24.2 Å². The van der Waals surface area contributed by atoms with Gasteiger partial charge in [0.15, 0.2) is 5.56 Å². The summed E-state index contributed by atoms with van der Waals surface area (Å²) in [7, 11) is 0. The van der Waals surface area contributed by atoms with Gasteiger partial charge in [0.05, 0.1) is 6.20 Å². The van der Waals surface area contributed by atoms with Crippen LogP contribution >= 0.6 is 0 Å². The number of fused-ring (bicyclic) bond motifs is 1. The second-order valence-electron chi connectivity index (χ2n) is 8.79. The van der Waals surface area contributed by atoms with Crippen molar-refractivity contribution in [1.29, 1.82) is 0 Å². The van der Waals surface area contributed by atoms with E-state index in [2.05, 4.69) is 31.2 Å². The van der Waals surface area contributed by atoms with Crippen molar-refractivity contribution >= 4 is 17.6 Å². The molecule has 27 heavy (non-hydrogen) atoms. The fourth-order valence-corrected chi connectivity index (χ4v) is 2.89. The lowest BCUT2D eigenvalue weighted by molar-refractivity contribution is 0.0944. The zero-order valence-corrected chi connectivity index (χ0v) is 16.6. The van der Waals surface area contributed by atoms with Crippen LogP contribution in [0.1, 0.15) is 63.4 Å². The highest BCUT2D eigenvalue weighted by Gasteiger charge is 2.29. The van der Waals surface area contributed by atoms with Crippen LogP contribution in [0.2, 0.25) is 0 Å². The highest BCUT2D eigenvalue weighted by molar-refractivity contribution is 5.96. The van der Waals surface area contributed by atoms with Crippen molar-refractivity contribution in [3.05, 3.63) is 33.8 Å². The Bertz CT molecular complexity index is 956. The van der Waals surface area contributed by atoms with Gasteiger partial charge in [-0.3, -0.25) is 14.2 Å². The van der Waals surface area contributed by atoms with Gasteiger partial charge in [0.25, 0.3) is 11.5 Å². The molecule has 1 saturated carbocycles. The summed E-state index contributed by atoms with van der Waals surface area (Å²) in [6.45, 7) is 10.7. The third kappa shape index (κ3) is 4.07. The van der Waals surface area contributed by atoms with Crippen molar-refractivity contribution in [2.24, 2.45) is 11.3 Å². The van der Waals surface area contributed by atoms with Crippen LogP contribution in [0, 0.1) is 11.3 Å².